The Morgan fingerprint density at radius 3 is 2.09 bits per heavy atom. The number of carbonyl (C=O) groups is 2. The third-order valence-corrected chi connectivity index (χ3v) is 6.50. The molecule has 0 fully saturated rings. The number of sulfonamides is 1. The summed E-state index contributed by atoms with van der Waals surface area (Å²) in [5.74, 6) is -1.19. The lowest BCUT2D eigenvalue weighted by atomic mass is 10.1. The molecular weight excluding hydrogens is 457 g/mol. The van der Waals surface area contributed by atoms with Gasteiger partial charge >= 0.3 is 0 Å². The molecule has 3 aromatic carbocycles. The molecule has 0 aliphatic rings. The first kappa shape index (κ1) is 24.9. The monoisotopic (exact) mass is 483 g/mol. The highest BCUT2D eigenvalue weighted by atomic mass is 32.2. The van der Waals surface area contributed by atoms with Crippen LogP contribution in [0.5, 0.6) is 0 Å². The molecule has 0 spiro atoms. The molecule has 9 heteroatoms. The average molecular weight is 484 g/mol. The molecule has 0 radical (unpaired) electrons. The standard InChI is InChI=1S/C25H26FN3O4S/c1-15(2)24(30)27-20-8-5-16(3)23(14-20)28-25(31)18-6-9-19(10-7-18)29-34(32,33)21-11-12-22(26)17(4)13-21/h5-15,29H,1-4H3,(H,27,30)(H,28,31). The fraction of sp³-hybridized carbons (Fsp3) is 0.200. The van der Waals surface area contributed by atoms with Gasteiger partial charge in [-0.05, 0) is 79.6 Å². The normalized spacial score (nSPS) is 11.2. The van der Waals surface area contributed by atoms with E-state index in [0.717, 1.165) is 11.6 Å². The van der Waals surface area contributed by atoms with Gasteiger partial charge < -0.3 is 10.6 Å². The van der Waals surface area contributed by atoms with Gasteiger partial charge in [0.15, 0.2) is 0 Å². The lowest BCUT2D eigenvalue weighted by Crippen LogP contribution is -2.18. The number of hydrogen-bond donors (Lipinski definition) is 3. The van der Waals surface area contributed by atoms with Crippen LogP contribution in [0.4, 0.5) is 21.5 Å². The van der Waals surface area contributed by atoms with Crippen LogP contribution in [0.2, 0.25) is 0 Å². The second-order valence-corrected chi connectivity index (χ2v) is 9.90. The van der Waals surface area contributed by atoms with Crippen LogP contribution in [0.25, 0.3) is 0 Å². The van der Waals surface area contributed by atoms with Crippen LogP contribution in [0, 0.1) is 25.6 Å². The number of benzene rings is 3. The molecule has 0 atom stereocenters. The number of anilines is 3. The molecule has 178 valence electrons. The SMILES string of the molecule is Cc1cc(S(=O)(=O)Nc2ccc(C(=O)Nc3cc(NC(=O)C(C)C)ccc3C)cc2)ccc1F. The minimum Gasteiger partial charge on any atom is -0.326 e. The van der Waals surface area contributed by atoms with Crippen molar-refractivity contribution in [3.8, 4) is 0 Å². The van der Waals surface area contributed by atoms with Crippen molar-refractivity contribution in [1.82, 2.24) is 0 Å². The summed E-state index contributed by atoms with van der Waals surface area (Å²) in [4.78, 5) is 24.6. The number of carbonyl (C=O) groups excluding carboxylic acids is 2. The third kappa shape index (κ3) is 5.99. The maximum atomic E-state index is 13.5. The van der Waals surface area contributed by atoms with Crippen molar-refractivity contribution >= 4 is 38.9 Å². The maximum Gasteiger partial charge on any atom is 0.261 e. The highest BCUT2D eigenvalue weighted by molar-refractivity contribution is 7.92. The van der Waals surface area contributed by atoms with Crippen molar-refractivity contribution in [3.63, 3.8) is 0 Å². The van der Waals surface area contributed by atoms with Gasteiger partial charge in [-0.1, -0.05) is 19.9 Å². The van der Waals surface area contributed by atoms with Crippen LogP contribution in [-0.4, -0.2) is 20.2 Å². The number of aryl methyl sites for hydroxylation is 2. The zero-order valence-electron chi connectivity index (χ0n) is 19.3. The fourth-order valence-corrected chi connectivity index (χ4v) is 4.15. The van der Waals surface area contributed by atoms with Crippen LogP contribution in [0.1, 0.15) is 35.3 Å². The molecular formula is C25H26FN3O4S. The minimum absolute atomic E-state index is 0.0619. The zero-order valence-corrected chi connectivity index (χ0v) is 20.1. The van der Waals surface area contributed by atoms with E-state index in [9.17, 15) is 22.4 Å². The summed E-state index contributed by atoms with van der Waals surface area (Å²) in [6, 6.07) is 14.7. The number of halogens is 1. The first-order chi connectivity index (χ1) is 16.0. The second-order valence-electron chi connectivity index (χ2n) is 8.22. The molecule has 0 aliphatic carbocycles. The number of amides is 2. The quantitative estimate of drug-likeness (QED) is 0.435. The van der Waals surface area contributed by atoms with Crippen molar-refractivity contribution in [3.05, 3.63) is 83.2 Å². The molecule has 0 unspecified atom stereocenters. The van der Waals surface area contributed by atoms with Crippen LogP contribution < -0.4 is 15.4 Å². The summed E-state index contributed by atoms with van der Waals surface area (Å²) >= 11 is 0. The minimum atomic E-state index is -3.91. The van der Waals surface area contributed by atoms with Gasteiger partial charge in [-0.25, -0.2) is 12.8 Å². The predicted molar refractivity (Wildman–Crippen MR) is 131 cm³/mol. The fourth-order valence-electron chi connectivity index (χ4n) is 3.00. The van der Waals surface area contributed by atoms with Crippen molar-refractivity contribution in [2.75, 3.05) is 15.4 Å². The Balaban J connectivity index is 1.72. The van der Waals surface area contributed by atoms with E-state index >= 15 is 0 Å². The van der Waals surface area contributed by atoms with Gasteiger partial charge in [0.05, 0.1) is 4.90 Å². The zero-order chi connectivity index (χ0) is 25.0. The molecule has 0 bridgehead atoms. The molecule has 2 amide bonds. The highest BCUT2D eigenvalue weighted by Gasteiger charge is 2.16. The van der Waals surface area contributed by atoms with Crippen molar-refractivity contribution in [2.45, 2.75) is 32.6 Å². The molecule has 0 aliphatic heterocycles. The largest absolute Gasteiger partial charge is 0.326 e. The highest BCUT2D eigenvalue weighted by Crippen LogP contribution is 2.23. The molecule has 0 aromatic heterocycles. The molecule has 0 saturated carbocycles. The first-order valence-corrected chi connectivity index (χ1v) is 12.1. The summed E-state index contributed by atoms with van der Waals surface area (Å²) in [5.41, 5.74) is 2.72. The molecule has 7 nitrogen and oxygen atoms in total. The van der Waals surface area contributed by atoms with E-state index in [2.05, 4.69) is 15.4 Å². The molecule has 34 heavy (non-hydrogen) atoms. The van der Waals surface area contributed by atoms with Crippen LogP contribution in [-0.2, 0) is 14.8 Å². The number of rotatable bonds is 7. The van der Waals surface area contributed by atoms with Gasteiger partial charge in [0.2, 0.25) is 5.91 Å². The van der Waals surface area contributed by atoms with Crippen molar-refractivity contribution in [2.24, 2.45) is 5.92 Å². The van der Waals surface area contributed by atoms with E-state index in [1.165, 1.54) is 43.3 Å². The summed E-state index contributed by atoms with van der Waals surface area (Å²) in [6.07, 6.45) is 0. The Labute approximate surface area is 198 Å². The van der Waals surface area contributed by atoms with E-state index in [1.54, 1.807) is 32.0 Å². The van der Waals surface area contributed by atoms with Gasteiger partial charge in [-0.2, -0.15) is 0 Å². The molecule has 0 heterocycles. The summed E-state index contributed by atoms with van der Waals surface area (Å²) in [5, 5.41) is 5.60. The van der Waals surface area contributed by atoms with Crippen LogP contribution in [0.3, 0.4) is 0 Å². The van der Waals surface area contributed by atoms with Crippen LogP contribution in [0.15, 0.2) is 65.6 Å². The van der Waals surface area contributed by atoms with E-state index in [-0.39, 0.29) is 33.9 Å². The lowest BCUT2D eigenvalue weighted by molar-refractivity contribution is -0.118. The Bertz CT molecular complexity index is 1340. The third-order valence-electron chi connectivity index (χ3n) is 5.12. The molecule has 3 N–H and O–H groups in total. The van der Waals surface area contributed by atoms with Gasteiger partial charge in [-0.3, -0.25) is 14.3 Å². The Hall–Kier alpha value is -3.72. The Morgan fingerprint density at radius 2 is 1.47 bits per heavy atom. The van der Waals surface area contributed by atoms with Gasteiger partial charge in [0, 0.05) is 28.5 Å². The smallest absolute Gasteiger partial charge is 0.261 e. The van der Waals surface area contributed by atoms with E-state index in [4.69, 9.17) is 0 Å². The van der Waals surface area contributed by atoms with Crippen LogP contribution >= 0.6 is 0 Å². The van der Waals surface area contributed by atoms with E-state index < -0.39 is 15.8 Å². The lowest BCUT2D eigenvalue weighted by Gasteiger charge is -2.13. The van der Waals surface area contributed by atoms with Crippen molar-refractivity contribution in [1.29, 1.82) is 0 Å². The van der Waals surface area contributed by atoms with Gasteiger partial charge in [0.1, 0.15) is 5.82 Å². The Kier molecular flexibility index (Phi) is 7.36. The summed E-state index contributed by atoms with van der Waals surface area (Å²) < 4.78 is 41.0. The van der Waals surface area contributed by atoms with Gasteiger partial charge in [-0.15, -0.1) is 0 Å². The number of nitrogens with one attached hydrogen (secondary N) is 3. The van der Waals surface area contributed by atoms with E-state index in [1.807, 2.05) is 6.92 Å². The molecule has 3 rings (SSSR count). The summed E-state index contributed by atoms with van der Waals surface area (Å²) in [7, 11) is -3.91. The maximum absolute atomic E-state index is 13.5. The summed E-state index contributed by atoms with van der Waals surface area (Å²) in [6.45, 7) is 6.89. The van der Waals surface area contributed by atoms with Gasteiger partial charge in [0.25, 0.3) is 15.9 Å². The number of hydrogen-bond acceptors (Lipinski definition) is 4. The van der Waals surface area contributed by atoms with E-state index in [0.29, 0.717) is 16.9 Å². The first-order valence-electron chi connectivity index (χ1n) is 10.6. The molecule has 3 aromatic rings. The average Bonchev–Trinajstić information content (AvgIpc) is 2.78. The van der Waals surface area contributed by atoms with Crippen molar-refractivity contribution < 1.29 is 22.4 Å². The Morgan fingerprint density at radius 1 is 0.824 bits per heavy atom. The second kappa shape index (κ2) is 10.0. The topological polar surface area (TPSA) is 104 Å². The molecule has 0 saturated heterocycles. The predicted octanol–water partition coefficient (Wildman–Crippen LogP) is 5.09.